The molecule has 0 amide bonds. The van der Waals surface area contributed by atoms with Crippen LogP contribution in [0.3, 0.4) is 0 Å². The van der Waals surface area contributed by atoms with Crippen molar-refractivity contribution in [2.24, 2.45) is 0 Å². The number of rotatable bonds is 4. The van der Waals surface area contributed by atoms with Crippen LogP contribution >= 0.6 is 0 Å². The van der Waals surface area contributed by atoms with E-state index in [1.54, 1.807) is 0 Å². The van der Waals surface area contributed by atoms with Gasteiger partial charge in [0, 0.05) is 6.07 Å². The van der Waals surface area contributed by atoms with Crippen LogP contribution in [0.25, 0.3) is 0 Å². The molecule has 1 N–H and O–H groups in total. The molecule has 0 aliphatic rings. The molecule has 0 spiro atoms. The first-order valence-electron chi connectivity index (χ1n) is 6.60. The molecule has 0 saturated carbocycles. The summed E-state index contributed by atoms with van der Waals surface area (Å²) in [6, 6.07) is 7.08. The number of hydrogen-bond donors (Lipinski definition) is 1. The molecular weight excluding hydrogens is 282 g/mol. The quantitative estimate of drug-likeness (QED) is 0.610. The highest BCUT2D eigenvalue weighted by Gasteiger charge is 2.21. The number of halogens is 4. The Morgan fingerprint density at radius 3 is 1.95 bits per heavy atom. The molecule has 5 heteroatoms. The van der Waals surface area contributed by atoms with E-state index in [0.29, 0.717) is 6.42 Å². The summed E-state index contributed by atoms with van der Waals surface area (Å²) in [6.45, 7) is 3.72. The van der Waals surface area contributed by atoms with Crippen molar-refractivity contribution in [1.82, 2.24) is 0 Å². The monoisotopic (exact) mass is 297 g/mol. The maximum Gasteiger partial charge on any atom is 0.185 e. The molecule has 2 aromatic rings. The van der Waals surface area contributed by atoms with Crippen LogP contribution in [0, 0.1) is 30.2 Å². The summed E-state index contributed by atoms with van der Waals surface area (Å²) in [6.07, 6.45) is 0.500. The second-order valence-electron chi connectivity index (χ2n) is 4.86. The Labute approximate surface area is 120 Å². The van der Waals surface area contributed by atoms with Gasteiger partial charge in [0.05, 0.1) is 6.04 Å². The zero-order valence-electron chi connectivity index (χ0n) is 11.7. The minimum absolute atomic E-state index is 0.197. The molecule has 2 rings (SSSR count). The van der Waals surface area contributed by atoms with Gasteiger partial charge in [-0.2, -0.15) is 0 Å². The van der Waals surface area contributed by atoms with Gasteiger partial charge in [0.2, 0.25) is 0 Å². The van der Waals surface area contributed by atoms with E-state index >= 15 is 0 Å². The molecule has 0 bridgehead atoms. The lowest BCUT2D eigenvalue weighted by Gasteiger charge is -2.20. The first-order chi connectivity index (χ1) is 9.93. The van der Waals surface area contributed by atoms with Crippen molar-refractivity contribution in [2.45, 2.75) is 26.3 Å². The van der Waals surface area contributed by atoms with Crippen LogP contribution in [0.15, 0.2) is 30.3 Å². The van der Waals surface area contributed by atoms with Gasteiger partial charge in [-0.25, -0.2) is 17.6 Å². The number of hydrogen-bond acceptors (Lipinski definition) is 1. The van der Waals surface area contributed by atoms with Crippen LogP contribution in [0.2, 0.25) is 0 Å². The SMILES string of the molecule is CCC(Nc1c(F)c(F)cc(F)c1F)c1ccc(C)cc1. The van der Waals surface area contributed by atoms with Crippen LogP contribution in [0.1, 0.15) is 30.5 Å². The molecule has 1 unspecified atom stereocenters. The van der Waals surface area contributed by atoms with Gasteiger partial charge in [-0.15, -0.1) is 0 Å². The van der Waals surface area contributed by atoms with Gasteiger partial charge in [0.25, 0.3) is 0 Å². The van der Waals surface area contributed by atoms with Crippen molar-refractivity contribution in [3.8, 4) is 0 Å². The molecule has 1 nitrogen and oxygen atoms in total. The van der Waals surface area contributed by atoms with E-state index in [1.165, 1.54) is 0 Å². The fraction of sp³-hybridized carbons (Fsp3) is 0.250. The standard InChI is InChI=1S/C16H15F4N/c1-3-13(10-6-4-9(2)5-7-10)21-16-14(19)11(17)8-12(18)15(16)20/h4-8,13,21H,3H2,1-2H3. The molecule has 2 aromatic carbocycles. The Morgan fingerprint density at radius 2 is 1.48 bits per heavy atom. The number of anilines is 1. The van der Waals surface area contributed by atoms with Crippen LogP contribution < -0.4 is 5.32 Å². The first kappa shape index (κ1) is 15.4. The summed E-state index contributed by atoms with van der Waals surface area (Å²) in [5.74, 6) is -5.68. The van der Waals surface area contributed by atoms with Gasteiger partial charge in [-0.1, -0.05) is 36.8 Å². The highest BCUT2D eigenvalue weighted by molar-refractivity contribution is 5.49. The summed E-state index contributed by atoms with van der Waals surface area (Å²) in [7, 11) is 0. The molecule has 0 saturated heterocycles. The molecule has 0 aromatic heterocycles. The van der Waals surface area contributed by atoms with Gasteiger partial charge in [-0.3, -0.25) is 0 Å². The highest BCUT2D eigenvalue weighted by atomic mass is 19.2. The van der Waals surface area contributed by atoms with Crippen molar-refractivity contribution in [3.63, 3.8) is 0 Å². The molecular formula is C16H15F4N. The summed E-state index contributed by atoms with van der Waals surface area (Å²) in [4.78, 5) is 0. The summed E-state index contributed by atoms with van der Waals surface area (Å²) in [5, 5.41) is 2.55. The van der Waals surface area contributed by atoms with Crippen LogP contribution in [-0.4, -0.2) is 0 Å². The van der Waals surface area contributed by atoms with E-state index in [0.717, 1.165) is 11.1 Å². The number of benzene rings is 2. The van der Waals surface area contributed by atoms with E-state index < -0.39 is 35.0 Å². The third kappa shape index (κ3) is 3.17. The molecule has 0 radical (unpaired) electrons. The lowest BCUT2D eigenvalue weighted by Crippen LogP contribution is -2.14. The number of aryl methyl sites for hydroxylation is 1. The molecule has 21 heavy (non-hydrogen) atoms. The lowest BCUT2D eigenvalue weighted by atomic mass is 10.0. The predicted octanol–water partition coefficient (Wildman–Crippen LogP) is 5.11. The average molecular weight is 297 g/mol. The van der Waals surface area contributed by atoms with Crippen molar-refractivity contribution in [3.05, 3.63) is 64.7 Å². The first-order valence-corrected chi connectivity index (χ1v) is 6.60. The van der Waals surface area contributed by atoms with Gasteiger partial charge < -0.3 is 5.32 Å². The van der Waals surface area contributed by atoms with E-state index in [2.05, 4.69) is 5.32 Å². The minimum atomic E-state index is -1.42. The topological polar surface area (TPSA) is 12.0 Å². The molecule has 0 fully saturated rings. The molecule has 0 aliphatic carbocycles. The van der Waals surface area contributed by atoms with Crippen molar-refractivity contribution in [2.75, 3.05) is 5.32 Å². The van der Waals surface area contributed by atoms with E-state index in [1.807, 2.05) is 38.1 Å². The van der Waals surface area contributed by atoms with Crippen molar-refractivity contribution in [1.29, 1.82) is 0 Å². The minimum Gasteiger partial charge on any atom is -0.373 e. The third-order valence-electron chi connectivity index (χ3n) is 3.32. The highest BCUT2D eigenvalue weighted by Crippen LogP contribution is 2.29. The van der Waals surface area contributed by atoms with Crippen LogP contribution in [0.4, 0.5) is 23.2 Å². The second kappa shape index (κ2) is 6.16. The smallest absolute Gasteiger partial charge is 0.185 e. The van der Waals surface area contributed by atoms with Crippen molar-refractivity contribution < 1.29 is 17.6 Å². The third-order valence-corrected chi connectivity index (χ3v) is 3.32. The van der Waals surface area contributed by atoms with Crippen molar-refractivity contribution >= 4 is 5.69 Å². The lowest BCUT2D eigenvalue weighted by molar-refractivity contribution is 0.456. The average Bonchev–Trinajstić information content (AvgIpc) is 2.47. The maximum absolute atomic E-state index is 13.7. The van der Waals surface area contributed by atoms with Gasteiger partial charge in [-0.05, 0) is 18.9 Å². The zero-order valence-corrected chi connectivity index (χ0v) is 11.7. The Bertz CT molecular complexity index is 611. The summed E-state index contributed by atoms with van der Waals surface area (Å²) >= 11 is 0. The largest absolute Gasteiger partial charge is 0.373 e. The Kier molecular flexibility index (Phi) is 4.50. The Hall–Kier alpha value is -2.04. The molecule has 1 atom stereocenters. The fourth-order valence-corrected chi connectivity index (χ4v) is 2.09. The van der Waals surface area contributed by atoms with Gasteiger partial charge in [0.15, 0.2) is 23.3 Å². The van der Waals surface area contributed by atoms with Crippen LogP contribution in [-0.2, 0) is 0 Å². The van der Waals surface area contributed by atoms with E-state index in [-0.39, 0.29) is 6.07 Å². The maximum atomic E-state index is 13.7. The van der Waals surface area contributed by atoms with Crippen LogP contribution in [0.5, 0.6) is 0 Å². The fourth-order valence-electron chi connectivity index (χ4n) is 2.09. The number of nitrogens with one attached hydrogen (secondary N) is 1. The Balaban J connectivity index is 2.37. The zero-order chi connectivity index (χ0) is 15.6. The summed E-state index contributed by atoms with van der Waals surface area (Å²) in [5.41, 5.74) is 1.05. The van der Waals surface area contributed by atoms with E-state index in [4.69, 9.17) is 0 Å². The second-order valence-corrected chi connectivity index (χ2v) is 4.86. The normalized spacial score (nSPS) is 12.3. The predicted molar refractivity (Wildman–Crippen MR) is 74.1 cm³/mol. The molecule has 0 heterocycles. The molecule has 112 valence electrons. The molecule has 0 aliphatic heterocycles. The van der Waals surface area contributed by atoms with Gasteiger partial charge in [0.1, 0.15) is 5.69 Å². The Morgan fingerprint density at radius 1 is 0.952 bits per heavy atom. The van der Waals surface area contributed by atoms with Gasteiger partial charge >= 0.3 is 0 Å². The van der Waals surface area contributed by atoms with E-state index in [9.17, 15) is 17.6 Å². The summed E-state index contributed by atoms with van der Waals surface area (Å²) < 4.78 is 53.8.